The lowest BCUT2D eigenvalue weighted by molar-refractivity contribution is 0.278. The van der Waals surface area contributed by atoms with Gasteiger partial charge in [0.2, 0.25) is 0 Å². The van der Waals surface area contributed by atoms with Gasteiger partial charge in [-0.25, -0.2) is 8.42 Å². The van der Waals surface area contributed by atoms with Gasteiger partial charge in [-0.15, -0.1) is 0 Å². The molecule has 1 fully saturated rings. The van der Waals surface area contributed by atoms with Crippen molar-refractivity contribution in [2.75, 3.05) is 12.0 Å². The molecule has 0 aromatic carbocycles. The second-order valence-electron chi connectivity index (χ2n) is 7.36. The summed E-state index contributed by atoms with van der Waals surface area (Å²) in [5.74, 6) is 0.732. The molecule has 0 radical (unpaired) electrons. The largest absolute Gasteiger partial charge is 0.311 e. The van der Waals surface area contributed by atoms with E-state index in [1.54, 1.807) is 0 Å². The fraction of sp³-hybridized carbons (Fsp3) is 0.722. The summed E-state index contributed by atoms with van der Waals surface area (Å²) >= 11 is 0. The van der Waals surface area contributed by atoms with Gasteiger partial charge in [-0.05, 0) is 68.9 Å². The van der Waals surface area contributed by atoms with Gasteiger partial charge in [0, 0.05) is 30.2 Å². The first-order chi connectivity index (χ1) is 11.0. The summed E-state index contributed by atoms with van der Waals surface area (Å²) in [6.07, 6.45) is 12.1. The van der Waals surface area contributed by atoms with Crippen molar-refractivity contribution in [3.05, 3.63) is 29.6 Å². The number of nitrogens with zero attached hydrogens (tertiary/aromatic N) is 1. The molecule has 4 nitrogen and oxygen atoms in total. The van der Waals surface area contributed by atoms with Crippen molar-refractivity contribution in [1.29, 1.82) is 0 Å². The van der Waals surface area contributed by atoms with Crippen molar-refractivity contribution in [2.45, 2.75) is 63.5 Å². The van der Waals surface area contributed by atoms with Gasteiger partial charge in [-0.1, -0.05) is 6.07 Å². The fourth-order valence-electron chi connectivity index (χ4n) is 4.13. The van der Waals surface area contributed by atoms with E-state index in [1.165, 1.54) is 23.9 Å². The van der Waals surface area contributed by atoms with Crippen LogP contribution in [-0.2, 0) is 22.7 Å². The molecule has 0 saturated heterocycles. The molecular formula is C18H28N2O2S. The Morgan fingerprint density at radius 3 is 2.52 bits per heavy atom. The number of rotatable bonds is 4. The molecule has 1 N–H and O–H groups in total. The minimum absolute atomic E-state index is 0.365. The first-order valence-corrected chi connectivity index (χ1v) is 10.9. The van der Waals surface area contributed by atoms with E-state index in [0.717, 1.165) is 44.9 Å². The van der Waals surface area contributed by atoms with Crippen LogP contribution < -0.4 is 5.32 Å². The summed E-state index contributed by atoms with van der Waals surface area (Å²) in [5.41, 5.74) is 2.68. The summed E-state index contributed by atoms with van der Waals surface area (Å²) in [7, 11) is -2.83. The van der Waals surface area contributed by atoms with Crippen LogP contribution in [0.4, 0.5) is 0 Å². The molecule has 0 aliphatic heterocycles. The smallest absolute Gasteiger partial charge is 0.147 e. The third-order valence-corrected chi connectivity index (χ3v) is 6.41. The van der Waals surface area contributed by atoms with Crippen molar-refractivity contribution in [3.8, 4) is 0 Å². The monoisotopic (exact) mass is 336 g/mol. The highest BCUT2D eigenvalue weighted by molar-refractivity contribution is 7.90. The van der Waals surface area contributed by atoms with Gasteiger partial charge in [0.05, 0.1) is 5.75 Å². The van der Waals surface area contributed by atoms with Crippen molar-refractivity contribution in [3.63, 3.8) is 0 Å². The molecule has 2 aliphatic carbocycles. The molecule has 1 atom stereocenters. The fourth-order valence-corrected chi connectivity index (χ4v) is 5.32. The molecule has 1 aromatic heterocycles. The first-order valence-electron chi connectivity index (χ1n) is 8.86. The highest BCUT2D eigenvalue weighted by Crippen LogP contribution is 2.27. The zero-order valence-corrected chi connectivity index (χ0v) is 14.8. The third kappa shape index (κ3) is 5.01. The number of nitrogens with one attached hydrogen (secondary N) is 1. The van der Waals surface area contributed by atoms with Crippen LogP contribution >= 0.6 is 0 Å². The number of aryl methyl sites for hydroxylation is 2. The van der Waals surface area contributed by atoms with Crippen LogP contribution in [-0.4, -0.2) is 37.5 Å². The summed E-state index contributed by atoms with van der Waals surface area (Å²) in [4.78, 5) is 4.52. The van der Waals surface area contributed by atoms with Gasteiger partial charge >= 0.3 is 0 Å². The summed E-state index contributed by atoms with van der Waals surface area (Å²) in [6, 6.07) is 5.38. The Bertz CT molecular complexity index is 595. The Morgan fingerprint density at radius 1 is 1.09 bits per heavy atom. The van der Waals surface area contributed by atoms with Gasteiger partial charge in [0.25, 0.3) is 0 Å². The van der Waals surface area contributed by atoms with E-state index >= 15 is 0 Å². The molecule has 0 amide bonds. The van der Waals surface area contributed by atoms with E-state index in [4.69, 9.17) is 0 Å². The molecule has 23 heavy (non-hydrogen) atoms. The molecule has 1 unspecified atom stereocenters. The topological polar surface area (TPSA) is 59.1 Å². The van der Waals surface area contributed by atoms with E-state index in [9.17, 15) is 8.42 Å². The predicted molar refractivity (Wildman–Crippen MR) is 93.3 cm³/mol. The van der Waals surface area contributed by atoms with E-state index in [1.807, 2.05) is 12.3 Å². The molecule has 2 aliphatic rings. The highest BCUT2D eigenvalue weighted by Gasteiger charge is 2.26. The maximum absolute atomic E-state index is 11.4. The Balaban J connectivity index is 1.47. The molecule has 3 rings (SSSR count). The molecule has 5 heteroatoms. The van der Waals surface area contributed by atoms with Crippen LogP contribution in [0.15, 0.2) is 18.3 Å². The molecule has 0 spiro atoms. The maximum Gasteiger partial charge on any atom is 0.147 e. The molecular weight excluding hydrogens is 308 g/mol. The van der Waals surface area contributed by atoms with Crippen LogP contribution in [0.5, 0.6) is 0 Å². The quantitative estimate of drug-likeness (QED) is 0.859. The van der Waals surface area contributed by atoms with Gasteiger partial charge in [0.15, 0.2) is 0 Å². The lowest BCUT2D eigenvalue weighted by Crippen LogP contribution is -2.41. The second kappa shape index (κ2) is 7.31. The maximum atomic E-state index is 11.4. The van der Waals surface area contributed by atoms with E-state index in [-0.39, 0.29) is 0 Å². The zero-order chi connectivity index (χ0) is 16.3. The number of sulfone groups is 1. The minimum Gasteiger partial charge on any atom is -0.311 e. The molecule has 1 heterocycles. The first kappa shape index (κ1) is 16.9. The second-order valence-corrected chi connectivity index (χ2v) is 9.55. The summed E-state index contributed by atoms with van der Waals surface area (Å²) in [6.45, 7) is 0. The number of hydrogen-bond acceptors (Lipinski definition) is 4. The summed E-state index contributed by atoms with van der Waals surface area (Å²) in [5, 5.41) is 3.84. The minimum atomic E-state index is -2.83. The number of fused-ring (bicyclic) bond motifs is 1. The van der Waals surface area contributed by atoms with Gasteiger partial charge < -0.3 is 5.32 Å². The van der Waals surface area contributed by atoms with Crippen LogP contribution in [0.2, 0.25) is 0 Å². The average Bonchev–Trinajstić information content (AvgIpc) is 2.71. The Labute approximate surface area is 140 Å². The number of aromatic nitrogens is 1. The highest BCUT2D eigenvalue weighted by atomic mass is 32.2. The zero-order valence-electron chi connectivity index (χ0n) is 14.0. The summed E-state index contributed by atoms with van der Waals surface area (Å²) < 4.78 is 22.8. The lowest BCUT2D eigenvalue weighted by Gasteiger charge is -2.31. The lowest BCUT2D eigenvalue weighted by atomic mass is 9.86. The Kier molecular flexibility index (Phi) is 5.37. The number of pyridine rings is 1. The third-order valence-electron chi connectivity index (χ3n) is 5.33. The molecule has 1 aromatic rings. The molecule has 1 saturated carbocycles. The van der Waals surface area contributed by atoms with Crippen molar-refractivity contribution < 1.29 is 8.42 Å². The van der Waals surface area contributed by atoms with Gasteiger partial charge in [0.1, 0.15) is 9.84 Å². The normalized spacial score (nSPS) is 28.8. The Morgan fingerprint density at radius 2 is 1.78 bits per heavy atom. The Hall–Kier alpha value is -0.940. The SMILES string of the molecule is CS(=O)(=O)CC1CCC(NC2CCc3cccnc3CC2)CC1. The van der Waals surface area contributed by atoms with Crippen molar-refractivity contribution in [2.24, 2.45) is 5.92 Å². The molecule has 128 valence electrons. The van der Waals surface area contributed by atoms with E-state index in [2.05, 4.69) is 16.4 Å². The molecule has 0 bridgehead atoms. The van der Waals surface area contributed by atoms with Gasteiger partial charge in [-0.3, -0.25) is 4.98 Å². The van der Waals surface area contributed by atoms with Crippen LogP contribution in [0.1, 0.15) is 49.8 Å². The standard InChI is InChI=1S/C18H28N2O2S/c1-23(21,22)13-14-4-7-16(8-5-14)20-17-9-6-15-3-2-12-19-18(15)11-10-17/h2-3,12,14,16-17,20H,4-11,13H2,1H3. The van der Waals surface area contributed by atoms with Crippen LogP contribution in [0.25, 0.3) is 0 Å². The van der Waals surface area contributed by atoms with Crippen molar-refractivity contribution in [1.82, 2.24) is 10.3 Å². The van der Waals surface area contributed by atoms with Crippen LogP contribution in [0, 0.1) is 5.92 Å². The average molecular weight is 337 g/mol. The predicted octanol–water partition coefficient (Wildman–Crippen LogP) is 2.52. The van der Waals surface area contributed by atoms with E-state index in [0.29, 0.717) is 23.8 Å². The van der Waals surface area contributed by atoms with Gasteiger partial charge in [-0.2, -0.15) is 0 Å². The van der Waals surface area contributed by atoms with Crippen LogP contribution in [0.3, 0.4) is 0 Å². The van der Waals surface area contributed by atoms with Crippen molar-refractivity contribution >= 4 is 9.84 Å². The number of hydrogen-bond donors (Lipinski definition) is 1. The van der Waals surface area contributed by atoms with E-state index < -0.39 is 9.84 Å².